The second kappa shape index (κ2) is 13.4. The highest BCUT2D eigenvalue weighted by Gasteiger charge is 2.49. The van der Waals surface area contributed by atoms with Crippen molar-refractivity contribution in [3.8, 4) is 0 Å². The average Bonchev–Trinajstić information content (AvgIpc) is 2.94. The molecule has 0 unspecified atom stereocenters. The highest BCUT2D eigenvalue weighted by molar-refractivity contribution is 7.90. The Morgan fingerprint density at radius 2 is 1.80 bits per heavy atom. The van der Waals surface area contributed by atoms with Gasteiger partial charge in [0.05, 0.1) is 10.4 Å². The number of hydrogen-bond donors (Lipinski definition) is 4. The van der Waals surface area contributed by atoms with Crippen LogP contribution in [0, 0.1) is 10.8 Å². The molecule has 1 aliphatic rings. The molecule has 3 amide bonds. The van der Waals surface area contributed by atoms with Gasteiger partial charge in [-0.3, -0.25) is 19.4 Å². The highest BCUT2D eigenvalue weighted by Crippen LogP contribution is 2.32. The number of carbonyl (C=O) groups is 3. The topological polar surface area (TPSA) is 175 Å². The lowest BCUT2D eigenvalue weighted by Crippen LogP contribution is -2.63. The molecule has 1 saturated heterocycles. The number of likely N-dealkylation sites (tertiary alicyclic amines) is 1. The van der Waals surface area contributed by atoms with Crippen molar-refractivity contribution in [1.82, 2.24) is 20.5 Å². The first kappa shape index (κ1) is 34.6. The van der Waals surface area contributed by atoms with Crippen LogP contribution in [-0.2, 0) is 37.1 Å². The SMILES string of the molecule is CC(C)(N)C(=O)N[C@H](CCc1ccccc1S(C)(=O)=O)C(=O)N1CCC(=N)[C@](Cc2ccccn2)(C(=O)NCC(F)(F)F)C1. The fraction of sp³-hybridized carbons (Fsp3) is 0.483. The summed E-state index contributed by atoms with van der Waals surface area (Å²) in [6, 6.07) is 9.83. The Balaban J connectivity index is 1.97. The maximum Gasteiger partial charge on any atom is 0.405 e. The van der Waals surface area contributed by atoms with E-state index in [1.807, 2.05) is 5.32 Å². The Labute approximate surface area is 254 Å². The van der Waals surface area contributed by atoms with E-state index in [0.717, 1.165) is 6.26 Å². The number of nitrogens with two attached hydrogens (primary N) is 1. The first-order chi connectivity index (χ1) is 20.3. The normalized spacial score (nSPS) is 18.4. The molecule has 0 radical (unpaired) electrons. The van der Waals surface area contributed by atoms with E-state index in [2.05, 4.69) is 10.3 Å². The number of nitrogens with zero attached hydrogens (tertiary/aromatic N) is 2. The molecule has 15 heteroatoms. The molecule has 240 valence electrons. The first-order valence-electron chi connectivity index (χ1n) is 13.8. The Kier molecular flexibility index (Phi) is 10.6. The highest BCUT2D eigenvalue weighted by atomic mass is 32.2. The average molecular weight is 639 g/mol. The molecule has 1 aromatic carbocycles. The number of rotatable bonds is 11. The van der Waals surface area contributed by atoms with Crippen LogP contribution < -0.4 is 16.4 Å². The number of halogens is 3. The van der Waals surface area contributed by atoms with Gasteiger partial charge in [0.25, 0.3) is 0 Å². The van der Waals surface area contributed by atoms with Gasteiger partial charge < -0.3 is 26.7 Å². The predicted octanol–water partition coefficient (Wildman–Crippen LogP) is 1.80. The van der Waals surface area contributed by atoms with Gasteiger partial charge in [0.1, 0.15) is 18.0 Å². The second-order valence-corrected chi connectivity index (χ2v) is 13.5. The summed E-state index contributed by atoms with van der Waals surface area (Å²) in [7, 11) is -3.60. The summed E-state index contributed by atoms with van der Waals surface area (Å²) in [6.07, 6.45) is -2.54. The molecular formula is C29H37F3N6O5S. The fourth-order valence-electron chi connectivity index (χ4n) is 4.98. The lowest BCUT2D eigenvalue weighted by Gasteiger charge is -2.43. The zero-order valence-corrected chi connectivity index (χ0v) is 25.5. The number of pyridine rings is 1. The van der Waals surface area contributed by atoms with Gasteiger partial charge in [-0.15, -0.1) is 0 Å². The van der Waals surface area contributed by atoms with Crippen molar-refractivity contribution in [2.75, 3.05) is 25.9 Å². The summed E-state index contributed by atoms with van der Waals surface area (Å²) >= 11 is 0. The van der Waals surface area contributed by atoms with Crippen molar-refractivity contribution in [2.45, 2.75) is 62.2 Å². The quantitative estimate of drug-likeness (QED) is 0.290. The van der Waals surface area contributed by atoms with Gasteiger partial charge in [0.2, 0.25) is 17.7 Å². The third kappa shape index (κ3) is 8.85. The summed E-state index contributed by atoms with van der Waals surface area (Å²) in [5, 5.41) is 13.2. The third-order valence-electron chi connectivity index (χ3n) is 7.34. The zero-order chi connectivity index (χ0) is 32.9. The van der Waals surface area contributed by atoms with Crippen molar-refractivity contribution in [3.63, 3.8) is 0 Å². The van der Waals surface area contributed by atoms with Gasteiger partial charge in [-0.25, -0.2) is 8.42 Å². The molecule has 1 aromatic heterocycles. The third-order valence-corrected chi connectivity index (χ3v) is 8.54. The van der Waals surface area contributed by atoms with Crippen molar-refractivity contribution in [3.05, 3.63) is 59.9 Å². The van der Waals surface area contributed by atoms with Crippen LogP contribution in [0.5, 0.6) is 0 Å². The maximum absolute atomic E-state index is 14.0. The number of alkyl halides is 3. The van der Waals surface area contributed by atoms with E-state index in [1.54, 1.807) is 36.4 Å². The van der Waals surface area contributed by atoms with Crippen LogP contribution in [0.2, 0.25) is 0 Å². The Morgan fingerprint density at radius 1 is 1.14 bits per heavy atom. The first-order valence-corrected chi connectivity index (χ1v) is 15.7. The van der Waals surface area contributed by atoms with Gasteiger partial charge in [-0.2, -0.15) is 13.2 Å². The van der Waals surface area contributed by atoms with E-state index in [1.165, 1.54) is 31.0 Å². The lowest BCUT2D eigenvalue weighted by atomic mass is 9.73. The van der Waals surface area contributed by atoms with Gasteiger partial charge in [-0.1, -0.05) is 24.3 Å². The van der Waals surface area contributed by atoms with E-state index in [4.69, 9.17) is 11.1 Å². The summed E-state index contributed by atoms with van der Waals surface area (Å²) in [6.45, 7) is 0.776. The van der Waals surface area contributed by atoms with Crippen LogP contribution in [0.4, 0.5) is 13.2 Å². The molecule has 2 heterocycles. The van der Waals surface area contributed by atoms with Crippen molar-refractivity contribution in [2.24, 2.45) is 11.1 Å². The Hall–Kier alpha value is -3.85. The van der Waals surface area contributed by atoms with E-state index in [9.17, 15) is 36.0 Å². The predicted molar refractivity (Wildman–Crippen MR) is 156 cm³/mol. The number of aryl methyl sites for hydroxylation is 1. The molecule has 0 spiro atoms. The number of amides is 3. The van der Waals surface area contributed by atoms with Crippen molar-refractivity contribution in [1.29, 1.82) is 5.41 Å². The minimum atomic E-state index is -4.71. The zero-order valence-electron chi connectivity index (χ0n) is 24.7. The van der Waals surface area contributed by atoms with E-state index >= 15 is 0 Å². The molecule has 1 aliphatic heterocycles. The minimum absolute atomic E-state index is 0.0352. The number of carbonyl (C=O) groups excluding carboxylic acids is 3. The Bertz CT molecular complexity index is 1490. The van der Waals surface area contributed by atoms with E-state index in [-0.39, 0.29) is 42.8 Å². The summed E-state index contributed by atoms with van der Waals surface area (Å²) < 4.78 is 63.8. The molecule has 11 nitrogen and oxygen atoms in total. The molecule has 2 atom stereocenters. The smallest absolute Gasteiger partial charge is 0.346 e. The number of piperidine rings is 1. The number of aromatic nitrogens is 1. The van der Waals surface area contributed by atoms with Crippen LogP contribution in [0.25, 0.3) is 0 Å². The standard InChI is InChI=1S/C29H37F3N6O5S/c1-27(2,34)25(40)37-21(12-11-19-8-4-5-10-22(19)44(3,42)43)24(39)38-15-13-23(33)28(18-38,16-20-9-6-7-14-35-20)26(41)36-17-29(30,31)32/h4-10,14,21,33H,11-13,15-18,34H2,1-3H3,(H,36,41)(H,37,40)/t21-,28-/m1/s1. The largest absolute Gasteiger partial charge is 0.405 e. The van der Waals surface area contributed by atoms with Crippen LogP contribution in [0.1, 0.15) is 37.9 Å². The van der Waals surface area contributed by atoms with Crippen molar-refractivity contribution < 1.29 is 36.0 Å². The summed E-state index contributed by atoms with van der Waals surface area (Å²) in [5.41, 5.74) is 3.31. The van der Waals surface area contributed by atoms with Gasteiger partial charge >= 0.3 is 6.18 Å². The van der Waals surface area contributed by atoms with Crippen LogP contribution in [-0.4, -0.2) is 85.4 Å². The number of hydrogen-bond acceptors (Lipinski definition) is 8. The molecule has 0 bridgehead atoms. The van der Waals surface area contributed by atoms with Gasteiger partial charge in [0.15, 0.2) is 9.84 Å². The van der Waals surface area contributed by atoms with Crippen LogP contribution in [0.3, 0.4) is 0 Å². The summed E-state index contributed by atoms with van der Waals surface area (Å²) in [4.78, 5) is 45.8. The van der Waals surface area contributed by atoms with Gasteiger partial charge in [0, 0.05) is 49.8 Å². The molecule has 3 rings (SSSR count). The van der Waals surface area contributed by atoms with Crippen molar-refractivity contribution >= 4 is 33.3 Å². The number of benzene rings is 1. The lowest BCUT2D eigenvalue weighted by molar-refractivity contribution is -0.146. The molecule has 2 aromatic rings. The maximum atomic E-state index is 14.0. The Morgan fingerprint density at radius 3 is 2.39 bits per heavy atom. The molecule has 0 saturated carbocycles. The number of nitrogens with one attached hydrogen (secondary N) is 3. The fourth-order valence-corrected chi connectivity index (χ4v) is 5.95. The summed E-state index contributed by atoms with van der Waals surface area (Å²) in [5.74, 6) is -2.39. The molecule has 0 aliphatic carbocycles. The molecule has 1 fully saturated rings. The molecule has 5 N–H and O–H groups in total. The van der Waals surface area contributed by atoms with E-state index in [0.29, 0.717) is 11.3 Å². The van der Waals surface area contributed by atoms with Crippen LogP contribution >= 0.6 is 0 Å². The minimum Gasteiger partial charge on any atom is -0.346 e. The second-order valence-electron chi connectivity index (χ2n) is 11.5. The molecule has 44 heavy (non-hydrogen) atoms. The number of sulfone groups is 1. The van der Waals surface area contributed by atoms with Crippen LogP contribution in [0.15, 0.2) is 53.6 Å². The molecular weight excluding hydrogens is 601 g/mol. The van der Waals surface area contributed by atoms with Gasteiger partial charge in [-0.05, 0) is 50.5 Å². The monoisotopic (exact) mass is 638 g/mol. The van der Waals surface area contributed by atoms with E-state index < -0.39 is 63.8 Å².